The number of amides is 1. The third-order valence-corrected chi connectivity index (χ3v) is 3.26. The fraction of sp³-hybridized carbons (Fsp3) is 0.900. The molecule has 3 nitrogen and oxygen atoms in total. The second-order valence-electron chi connectivity index (χ2n) is 4.62. The van der Waals surface area contributed by atoms with E-state index in [0.29, 0.717) is 6.04 Å². The Balaban J connectivity index is 3.76. The SMILES string of the molecule is CC(CSC(C)(C)C)N[C@@H](C)C(N)=O. The number of nitrogens with one attached hydrogen (secondary N) is 1. The van der Waals surface area contributed by atoms with Gasteiger partial charge in [0.1, 0.15) is 0 Å². The van der Waals surface area contributed by atoms with Crippen LogP contribution in [0.25, 0.3) is 0 Å². The number of hydrogen-bond donors (Lipinski definition) is 2. The van der Waals surface area contributed by atoms with Gasteiger partial charge in [0.05, 0.1) is 6.04 Å². The summed E-state index contributed by atoms with van der Waals surface area (Å²) in [4.78, 5) is 10.8. The Morgan fingerprint density at radius 3 is 2.29 bits per heavy atom. The van der Waals surface area contributed by atoms with E-state index in [2.05, 4.69) is 33.0 Å². The molecule has 2 atom stereocenters. The molecule has 0 spiro atoms. The molecule has 0 saturated heterocycles. The van der Waals surface area contributed by atoms with E-state index in [1.54, 1.807) is 6.92 Å². The molecule has 0 radical (unpaired) electrons. The van der Waals surface area contributed by atoms with Gasteiger partial charge in [0.15, 0.2) is 0 Å². The van der Waals surface area contributed by atoms with Crippen molar-refractivity contribution in [2.24, 2.45) is 5.73 Å². The zero-order valence-corrected chi connectivity index (χ0v) is 10.6. The molecule has 1 unspecified atom stereocenters. The summed E-state index contributed by atoms with van der Waals surface area (Å²) in [7, 11) is 0. The number of primary amides is 1. The maximum atomic E-state index is 10.8. The van der Waals surface area contributed by atoms with E-state index in [1.165, 1.54) is 0 Å². The lowest BCUT2D eigenvalue weighted by atomic mass is 10.2. The molecule has 0 aliphatic rings. The van der Waals surface area contributed by atoms with Crippen molar-refractivity contribution in [2.75, 3.05) is 5.75 Å². The normalized spacial score (nSPS) is 16.4. The van der Waals surface area contributed by atoms with Gasteiger partial charge in [0.2, 0.25) is 5.91 Å². The molecule has 84 valence electrons. The summed E-state index contributed by atoms with van der Waals surface area (Å²) < 4.78 is 0.270. The Bertz CT molecular complexity index is 189. The molecule has 3 N–H and O–H groups in total. The molecular formula is C10H22N2OS. The average molecular weight is 218 g/mol. The molecule has 14 heavy (non-hydrogen) atoms. The van der Waals surface area contributed by atoms with Crippen LogP contribution in [0, 0.1) is 0 Å². The Hall–Kier alpha value is -0.220. The number of carbonyl (C=O) groups excluding carboxylic acids is 1. The van der Waals surface area contributed by atoms with Crippen LogP contribution < -0.4 is 11.1 Å². The third kappa shape index (κ3) is 7.21. The van der Waals surface area contributed by atoms with E-state index in [1.807, 2.05) is 11.8 Å². The average Bonchev–Trinajstić information content (AvgIpc) is 1.99. The maximum absolute atomic E-state index is 10.8. The summed E-state index contributed by atoms with van der Waals surface area (Å²) in [6, 6.07) is 0.0623. The molecule has 0 aliphatic carbocycles. The fourth-order valence-electron chi connectivity index (χ4n) is 0.932. The van der Waals surface area contributed by atoms with Gasteiger partial charge in [-0.25, -0.2) is 0 Å². The second kappa shape index (κ2) is 5.61. The van der Waals surface area contributed by atoms with Gasteiger partial charge in [-0.3, -0.25) is 4.79 Å². The molecule has 0 aromatic rings. The van der Waals surface area contributed by atoms with Gasteiger partial charge >= 0.3 is 0 Å². The summed E-state index contributed by atoms with van der Waals surface area (Å²) >= 11 is 1.88. The zero-order chi connectivity index (χ0) is 11.4. The Labute approximate surface area is 91.2 Å². The Morgan fingerprint density at radius 1 is 1.43 bits per heavy atom. The van der Waals surface area contributed by atoms with Crippen molar-refractivity contribution in [1.29, 1.82) is 0 Å². The molecule has 1 amide bonds. The van der Waals surface area contributed by atoms with Crippen LogP contribution in [0.15, 0.2) is 0 Å². The lowest BCUT2D eigenvalue weighted by Crippen LogP contribution is -2.44. The standard InChI is InChI=1S/C10H22N2OS/c1-7(6-14-10(3,4)5)12-8(2)9(11)13/h7-8,12H,6H2,1-5H3,(H2,11,13)/t7?,8-/m0/s1. The summed E-state index contributed by atoms with van der Waals surface area (Å²) in [6.45, 7) is 10.4. The minimum atomic E-state index is -0.294. The Kier molecular flexibility index (Phi) is 5.52. The van der Waals surface area contributed by atoms with Crippen molar-refractivity contribution >= 4 is 17.7 Å². The predicted molar refractivity (Wildman–Crippen MR) is 63.5 cm³/mol. The van der Waals surface area contributed by atoms with E-state index in [4.69, 9.17) is 5.73 Å². The molecule has 4 heteroatoms. The minimum absolute atomic E-state index is 0.245. The lowest BCUT2D eigenvalue weighted by molar-refractivity contribution is -0.119. The van der Waals surface area contributed by atoms with Crippen molar-refractivity contribution in [1.82, 2.24) is 5.32 Å². The molecular weight excluding hydrogens is 196 g/mol. The first kappa shape index (κ1) is 13.8. The molecule has 0 rings (SSSR count). The molecule has 0 aromatic carbocycles. The molecule has 0 aliphatic heterocycles. The van der Waals surface area contributed by atoms with Crippen LogP contribution in [0.5, 0.6) is 0 Å². The summed E-state index contributed by atoms with van der Waals surface area (Å²) in [5.41, 5.74) is 5.16. The van der Waals surface area contributed by atoms with E-state index < -0.39 is 0 Å². The first-order valence-electron chi connectivity index (χ1n) is 4.91. The molecule has 0 aromatic heterocycles. The van der Waals surface area contributed by atoms with Crippen molar-refractivity contribution in [3.63, 3.8) is 0 Å². The van der Waals surface area contributed by atoms with E-state index in [0.717, 1.165) is 5.75 Å². The first-order valence-corrected chi connectivity index (χ1v) is 5.90. The summed E-state index contributed by atoms with van der Waals surface area (Å²) in [5, 5.41) is 3.16. The van der Waals surface area contributed by atoms with Crippen molar-refractivity contribution in [2.45, 2.75) is 51.4 Å². The van der Waals surface area contributed by atoms with Crippen LogP contribution in [0.4, 0.5) is 0 Å². The largest absolute Gasteiger partial charge is 0.368 e. The smallest absolute Gasteiger partial charge is 0.234 e. The number of nitrogens with two attached hydrogens (primary N) is 1. The predicted octanol–water partition coefficient (Wildman–Crippen LogP) is 1.37. The fourth-order valence-corrected chi connectivity index (χ4v) is 1.78. The Morgan fingerprint density at radius 2 is 1.93 bits per heavy atom. The van der Waals surface area contributed by atoms with Gasteiger partial charge in [-0.05, 0) is 13.8 Å². The van der Waals surface area contributed by atoms with Crippen LogP contribution in [0.3, 0.4) is 0 Å². The van der Waals surface area contributed by atoms with Crippen LogP contribution in [-0.4, -0.2) is 28.5 Å². The highest BCUT2D eigenvalue weighted by Crippen LogP contribution is 2.23. The number of hydrogen-bond acceptors (Lipinski definition) is 3. The van der Waals surface area contributed by atoms with Gasteiger partial charge < -0.3 is 11.1 Å². The highest BCUT2D eigenvalue weighted by Gasteiger charge is 2.15. The molecule has 0 saturated carbocycles. The minimum Gasteiger partial charge on any atom is -0.368 e. The van der Waals surface area contributed by atoms with Gasteiger partial charge in [-0.2, -0.15) is 11.8 Å². The first-order chi connectivity index (χ1) is 6.22. The van der Waals surface area contributed by atoms with Crippen molar-refractivity contribution < 1.29 is 4.79 Å². The van der Waals surface area contributed by atoms with Gasteiger partial charge in [-0.1, -0.05) is 20.8 Å². The number of rotatable bonds is 5. The topological polar surface area (TPSA) is 55.1 Å². The van der Waals surface area contributed by atoms with Crippen LogP contribution >= 0.6 is 11.8 Å². The van der Waals surface area contributed by atoms with Gasteiger partial charge in [0, 0.05) is 16.5 Å². The molecule has 0 heterocycles. The van der Waals surface area contributed by atoms with Gasteiger partial charge in [-0.15, -0.1) is 0 Å². The summed E-state index contributed by atoms with van der Waals surface area (Å²) in [5.74, 6) is 0.693. The number of thioether (sulfide) groups is 1. The van der Waals surface area contributed by atoms with Crippen LogP contribution in [0.1, 0.15) is 34.6 Å². The summed E-state index contributed by atoms with van der Waals surface area (Å²) in [6.07, 6.45) is 0. The van der Waals surface area contributed by atoms with E-state index >= 15 is 0 Å². The van der Waals surface area contributed by atoms with Gasteiger partial charge in [0.25, 0.3) is 0 Å². The van der Waals surface area contributed by atoms with Crippen LogP contribution in [0.2, 0.25) is 0 Å². The maximum Gasteiger partial charge on any atom is 0.234 e. The quantitative estimate of drug-likeness (QED) is 0.733. The van der Waals surface area contributed by atoms with Crippen molar-refractivity contribution in [3.8, 4) is 0 Å². The van der Waals surface area contributed by atoms with E-state index in [9.17, 15) is 4.79 Å². The third-order valence-electron chi connectivity index (χ3n) is 1.73. The molecule has 0 fully saturated rings. The van der Waals surface area contributed by atoms with E-state index in [-0.39, 0.29) is 16.7 Å². The second-order valence-corrected chi connectivity index (χ2v) is 6.46. The molecule has 0 bridgehead atoms. The lowest BCUT2D eigenvalue weighted by Gasteiger charge is -2.22. The highest BCUT2D eigenvalue weighted by molar-refractivity contribution is 8.00. The zero-order valence-electron chi connectivity index (χ0n) is 9.76. The highest BCUT2D eigenvalue weighted by atomic mass is 32.2. The number of carbonyl (C=O) groups is 1. The monoisotopic (exact) mass is 218 g/mol. The van der Waals surface area contributed by atoms with Crippen molar-refractivity contribution in [3.05, 3.63) is 0 Å². The van der Waals surface area contributed by atoms with Crippen LogP contribution in [-0.2, 0) is 4.79 Å².